The highest BCUT2D eigenvalue weighted by atomic mass is 35.5. The molecule has 1 fully saturated rings. The van der Waals surface area contributed by atoms with Crippen LogP contribution in [0.15, 0.2) is 42.5 Å². The van der Waals surface area contributed by atoms with Crippen molar-refractivity contribution in [2.24, 2.45) is 0 Å². The first kappa shape index (κ1) is 19.6. The van der Waals surface area contributed by atoms with E-state index in [-0.39, 0.29) is 12.5 Å². The van der Waals surface area contributed by atoms with Crippen LogP contribution in [0.25, 0.3) is 0 Å². The number of piperazine rings is 1. The van der Waals surface area contributed by atoms with Crippen LogP contribution in [0.4, 0.5) is 5.69 Å². The molecule has 0 aromatic heterocycles. The van der Waals surface area contributed by atoms with Gasteiger partial charge < -0.3 is 14.5 Å². The Bertz CT molecular complexity index is 799. The minimum atomic E-state index is 0.0388. The van der Waals surface area contributed by atoms with Gasteiger partial charge in [-0.25, -0.2) is 0 Å². The van der Waals surface area contributed by atoms with Crippen molar-refractivity contribution in [1.29, 1.82) is 0 Å². The van der Waals surface area contributed by atoms with Crippen molar-refractivity contribution in [3.63, 3.8) is 0 Å². The van der Waals surface area contributed by atoms with Crippen LogP contribution < -0.4 is 9.64 Å². The molecule has 0 saturated carbocycles. The van der Waals surface area contributed by atoms with E-state index in [2.05, 4.69) is 36.9 Å². The summed E-state index contributed by atoms with van der Waals surface area (Å²) in [7, 11) is 0. The molecule has 0 radical (unpaired) electrons. The van der Waals surface area contributed by atoms with Gasteiger partial charge in [-0.15, -0.1) is 0 Å². The quantitative estimate of drug-likeness (QED) is 0.758. The predicted molar refractivity (Wildman–Crippen MR) is 111 cm³/mol. The Kier molecular flexibility index (Phi) is 6.27. The fraction of sp³-hybridized carbons (Fsp3) is 0.409. The summed E-state index contributed by atoms with van der Waals surface area (Å²) in [5, 5.41) is 0.735. The Labute approximate surface area is 166 Å². The van der Waals surface area contributed by atoms with Gasteiger partial charge in [0, 0.05) is 36.9 Å². The lowest BCUT2D eigenvalue weighted by Gasteiger charge is -2.36. The fourth-order valence-electron chi connectivity index (χ4n) is 3.36. The number of hydrogen-bond acceptors (Lipinski definition) is 3. The SMILES string of the molecule is Cc1ccc(C(C)C)c(OCC(=O)N2CCN(c3cccc(Cl)c3)CC2)c1. The second kappa shape index (κ2) is 8.66. The largest absolute Gasteiger partial charge is 0.483 e. The molecule has 5 heteroatoms. The number of nitrogens with zero attached hydrogens (tertiary/aromatic N) is 2. The number of carbonyl (C=O) groups excluding carboxylic acids is 1. The van der Waals surface area contributed by atoms with Gasteiger partial charge in [0.05, 0.1) is 0 Å². The van der Waals surface area contributed by atoms with Crippen LogP contribution in [0.3, 0.4) is 0 Å². The van der Waals surface area contributed by atoms with Gasteiger partial charge in [-0.1, -0.05) is 43.6 Å². The first-order chi connectivity index (χ1) is 12.9. The second-order valence-corrected chi connectivity index (χ2v) is 7.77. The number of carbonyl (C=O) groups is 1. The van der Waals surface area contributed by atoms with Gasteiger partial charge in [0.2, 0.25) is 0 Å². The topological polar surface area (TPSA) is 32.8 Å². The van der Waals surface area contributed by atoms with Gasteiger partial charge in [0.15, 0.2) is 6.61 Å². The van der Waals surface area contributed by atoms with Gasteiger partial charge in [-0.3, -0.25) is 4.79 Å². The molecule has 27 heavy (non-hydrogen) atoms. The van der Waals surface area contributed by atoms with E-state index < -0.39 is 0 Å². The third kappa shape index (κ3) is 4.95. The lowest BCUT2D eigenvalue weighted by molar-refractivity contribution is -0.133. The van der Waals surface area contributed by atoms with E-state index in [0.717, 1.165) is 40.7 Å². The lowest BCUT2D eigenvalue weighted by Crippen LogP contribution is -2.50. The Hall–Kier alpha value is -2.20. The van der Waals surface area contributed by atoms with Crippen molar-refractivity contribution in [1.82, 2.24) is 4.90 Å². The molecule has 0 N–H and O–H groups in total. The standard InChI is InChI=1S/C22H27ClN2O2/c1-16(2)20-8-7-17(3)13-21(20)27-15-22(26)25-11-9-24(10-12-25)19-6-4-5-18(23)14-19/h4-8,13-14,16H,9-12,15H2,1-3H3. The van der Waals surface area contributed by atoms with E-state index >= 15 is 0 Å². The molecule has 1 aliphatic rings. The highest BCUT2D eigenvalue weighted by Crippen LogP contribution is 2.27. The zero-order valence-electron chi connectivity index (χ0n) is 16.2. The molecule has 144 valence electrons. The van der Waals surface area contributed by atoms with Crippen LogP contribution in [-0.4, -0.2) is 43.6 Å². The summed E-state index contributed by atoms with van der Waals surface area (Å²) < 4.78 is 5.90. The lowest BCUT2D eigenvalue weighted by atomic mass is 10.0. The molecule has 0 atom stereocenters. The van der Waals surface area contributed by atoms with Gasteiger partial charge in [-0.2, -0.15) is 0 Å². The summed E-state index contributed by atoms with van der Waals surface area (Å²) in [5.41, 5.74) is 3.38. The minimum Gasteiger partial charge on any atom is -0.483 e. The van der Waals surface area contributed by atoms with Crippen molar-refractivity contribution in [3.8, 4) is 5.75 Å². The average Bonchev–Trinajstić information content (AvgIpc) is 2.66. The van der Waals surface area contributed by atoms with Crippen LogP contribution in [0.5, 0.6) is 5.75 Å². The summed E-state index contributed by atoms with van der Waals surface area (Å²) in [4.78, 5) is 16.7. The molecule has 4 nitrogen and oxygen atoms in total. The molecule has 1 amide bonds. The Balaban J connectivity index is 1.55. The summed E-state index contributed by atoms with van der Waals surface area (Å²) >= 11 is 6.08. The number of benzene rings is 2. The van der Waals surface area contributed by atoms with Crippen LogP contribution in [0, 0.1) is 6.92 Å². The fourth-order valence-corrected chi connectivity index (χ4v) is 3.55. The van der Waals surface area contributed by atoms with Crippen molar-refractivity contribution in [2.75, 3.05) is 37.7 Å². The van der Waals surface area contributed by atoms with Crippen LogP contribution in [0.1, 0.15) is 30.9 Å². The van der Waals surface area contributed by atoms with Gasteiger partial charge in [0.25, 0.3) is 5.91 Å². The Morgan fingerprint density at radius 1 is 1.11 bits per heavy atom. The van der Waals surface area contributed by atoms with Crippen LogP contribution >= 0.6 is 11.6 Å². The van der Waals surface area contributed by atoms with Crippen molar-refractivity contribution >= 4 is 23.2 Å². The molecule has 0 aliphatic carbocycles. The number of hydrogen-bond donors (Lipinski definition) is 0. The molecule has 0 spiro atoms. The van der Waals surface area contributed by atoms with Crippen molar-refractivity contribution in [2.45, 2.75) is 26.7 Å². The van der Waals surface area contributed by atoms with Crippen molar-refractivity contribution in [3.05, 3.63) is 58.6 Å². The van der Waals surface area contributed by atoms with Crippen molar-refractivity contribution < 1.29 is 9.53 Å². The molecule has 1 aliphatic heterocycles. The number of anilines is 1. The van der Waals surface area contributed by atoms with Gasteiger partial charge in [-0.05, 0) is 48.2 Å². The normalized spacial score (nSPS) is 14.6. The third-order valence-electron chi connectivity index (χ3n) is 4.95. The van der Waals surface area contributed by atoms with Gasteiger partial charge in [0.1, 0.15) is 5.75 Å². The predicted octanol–water partition coefficient (Wildman–Crippen LogP) is 4.50. The third-order valence-corrected chi connectivity index (χ3v) is 5.18. The average molecular weight is 387 g/mol. The number of aryl methyl sites for hydroxylation is 1. The van der Waals surface area contributed by atoms with Crippen LogP contribution in [-0.2, 0) is 4.79 Å². The molecule has 0 bridgehead atoms. The molecule has 0 unspecified atom stereocenters. The van der Waals surface area contributed by atoms with E-state index in [4.69, 9.17) is 16.3 Å². The summed E-state index contributed by atoms with van der Waals surface area (Å²) in [6.07, 6.45) is 0. The first-order valence-electron chi connectivity index (χ1n) is 9.45. The Morgan fingerprint density at radius 2 is 1.85 bits per heavy atom. The molecule has 1 saturated heterocycles. The minimum absolute atomic E-state index is 0.0388. The summed E-state index contributed by atoms with van der Waals surface area (Å²) in [6, 6.07) is 14.0. The zero-order valence-corrected chi connectivity index (χ0v) is 17.0. The molecule has 1 heterocycles. The molecule has 2 aromatic carbocycles. The first-order valence-corrected chi connectivity index (χ1v) is 9.83. The number of rotatable bonds is 5. The monoisotopic (exact) mass is 386 g/mol. The number of ether oxygens (including phenoxy) is 1. The summed E-state index contributed by atoms with van der Waals surface area (Å²) in [6.45, 7) is 9.37. The van der Waals surface area contributed by atoms with E-state index in [9.17, 15) is 4.79 Å². The maximum absolute atomic E-state index is 12.6. The van der Waals surface area contributed by atoms with E-state index in [1.807, 2.05) is 36.1 Å². The zero-order chi connectivity index (χ0) is 19.4. The van der Waals surface area contributed by atoms with E-state index in [1.54, 1.807) is 0 Å². The van der Waals surface area contributed by atoms with Gasteiger partial charge >= 0.3 is 0 Å². The molecular weight excluding hydrogens is 360 g/mol. The van der Waals surface area contributed by atoms with E-state index in [0.29, 0.717) is 19.0 Å². The van der Waals surface area contributed by atoms with Crippen LogP contribution in [0.2, 0.25) is 5.02 Å². The van der Waals surface area contributed by atoms with E-state index in [1.165, 1.54) is 0 Å². The molecular formula is C22H27ClN2O2. The molecule has 2 aromatic rings. The summed E-state index contributed by atoms with van der Waals surface area (Å²) in [5.74, 6) is 1.21. The highest BCUT2D eigenvalue weighted by molar-refractivity contribution is 6.30. The number of amides is 1. The Morgan fingerprint density at radius 3 is 2.52 bits per heavy atom. The maximum atomic E-state index is 12.6. The smallest absolute Gasteiger partial charge is 0.260 e. The number of halogens is 1. The second-order valence-electron chi connectivity index (χ2n) is 7.33. The molecule has 3 rings (SSSR count). The highest BCUT2D eigenvalue weighted by Gasteiger charge is 2.22. The maximum Gasteiger partial charge on any atom is 0.260 e.